The first kappa shape index (κ1) is 14.0. The lowest BCUT2D eigenvalue weighted by Crippen LogP contribution is -2.28. The maximum absolute atomic E-state index is 12.4. The molecule has 0 aromatic heterocycles. The van der Waals surface area contributed by atoms with Crippen molar-refractivity contribution >= 4 is 52.3 Å². The van der Waals surface area contributed by atoms with Gasteiger partial charge in [0.25, 0.3) is 0 Å². The SMILES string of the molecule is FC(F)(F)C1=ICN(c2ccc(CBr)cc2)C=N1. The first-order chi connectivity index (χ1) is 8.50. The highest BCUT2D eigenvalue weighted by Crippen LogP contribution is 2.27. The number of hydrogen-bond acceptors (Lipinski definition) is 2. The number of nitrogens with zero attached hydrogens (tertiary/aromatic N) is 2. The summed E-state index contributed by atoms with van der Waals surface area (Å²) in [4.78, 5) is 5.30. The smallest absolute Gasteiger partial charge is 0.323 e. The van der Waals surface area contributed by atoms with E-state index in [9.17, 15) is 13.2 Å². The van der Waals surface area contributed by atoms with Gasteiger partial charge < -0.3 is 4.90 Å². The van der Waals surface area contributed by atoms with Gasteiger partial charge >= 0.3 is 6.18 Å². The van der Waals surface area contributed by atoms with Crippen LogP contribution in [0.3, 0.4) is 0 Å². The molecule has 18 heavy (non-hydrogen) atoms. The second-order valence-corrected chi connectivity index (χ2v) is 6.58. The summed E-state index contributed by atoms with van der Waals surface area (Å²) in [7, 11) is 0. The number of anilines is 1. The standard InChI is InChI=1S/C11H9BrF3IN2/c12-5-8-1-3-9(4-2-8)18-6-16-10(17-7-18)11(13,14)15/h1-4,7H,5-6H2. The fraction of sp³-hybridized carbons (Fsp3) is 0.273. The lowest BCUT2D eigenvalue weighted by Gasteiger charge is -2.22. The summed E-state index contributed by atoms with van der Waals surface area (Å²) in [6.07, 6.45) is -3.00. The molecule has 1 aromatic carbocycles. The highest BCUT2D eigenvalue weighted by molar-refractivity contribution is 14.2. The zero-order valence-electron chi connectivity index (χ0n) is 9.09. The van der Waals surface area contributed by atoms with Gasteiger partial charge in [-0.2, -0.15) is 13.2 Å². The second-order valence-electron chi connectivity index (χ2n) is 3.56. The van der Waals surface area contributed by atoms with Crippen LogP contribution in [0.5, 0.6) is 0 Å². The van der Waals surface area contributed by atoms with Gasteiger partial charge in [0.05, 0.1) is 10.9 Å². The molecule has 2 nitrogen and oxygen atoms in total. The zero-order chi connectivity index (χ0) is 13.2. The molecule has 0 unspecified atom stereocenters. The Morgan fingerprint density at radius 1 is 1.28 bits per heavy atom. The molecule has 0 radical (unpaired) electrons. The topological polar surface area (TPSA) is 15.6 Å². The van der Waals surface area contributed by atoms with E-state index >= 15 is 0 Å². The van der Waals surface area contributed by atoms with Gasteiger partial charge in [-0.15, -0.1) is 0 Å². The summed E-state index contributed by atoms with van der Waals surface area (Å²) in [6.45, 7) is 0. The summed E-state index contributed by atoms with van der Waals surface area (Å²) in [5.41, 5.74) is 2.01. The Kier molecular flexibility index (Phi) is 4.41. The van der Waals surface area contributed by atoms with Crippen LogP contribution in [0.2, 0.25) is 0 Å². The van der Waals surface area contributed by atoms with Crippen molar-refractivity contribution in [3.63, 3.8) is 0 Å². The largest absolute Gasteiger partial charge is 0.438 e. The molecule has 0 saturated heterocycles. The van der Waals surface area contributed by atoms with Crippen molar-refractivity contribution in [1.29, 1.82) is 0 Å². The molecule has 0 amide bonds. The molecule has 1 aromatic rings. The van der Waals surface area contributed by atoms with Gasteiger partial charge in [0.15, 0.2) is 3.63 Å². The summed E-state index contributed by atoms with van der Waals surface area (Å²) < 4.78 is 37.1. The molecule has 1 aliphatic heterocycles. The molecule has 0 fully saturated rings. The van der Waals surface area contributed by atoms with Crippen molar-refractivity contribution in [1.82, 2.24) is 0 Å². The van der Waals surface area contributed by atoms with Crippen LogP contribution in [0, 0.1) is 0 Å². The Bertz CT molecular complexity index is 482. The van der Waals surface area contributed by atoms with E-state index in [4.69, 9.17) is 0 Å². The van der Waals surface area contributed by atoms with Gasteiger partial charge in [0.2, 0.25) is 0 Å². The van der Waals surface area contributed by atoms with E-state index in [1.54, 1.807) is 4.90 Å². The summed E-state index contributed by atoms with van der Waals surface area (Å²) in [5, 5.41) is 0.764. The maximum Gasteiger partial charge on any atom is 0.438 e. The van der Waals surface area contributed by atoms with E-state index < -0.39 is 30.5 Å². The van der Waals surface area contributed by atoms with E-state index in [1.165, 1.54) is 6.34 Å². The van der Waals surface area contributed by atoms with E-state index in [0.717, 1.165) is 16.6 Å². The Hall–Kier alpha value is -0.440. The van der Waals surface area contributed by atoms with Gasteiger partial charge in [-0.05, 0) is 17.7 Å². The Morgan fingerprint density at radius 3 is 2.39 bits per heavy atom. The van der Waals surface area contributed by atoms with Crippen LogP contribution in [-0.4, -0.2) is 20.7 Å². The number of halogens is 5. The molecule has 0 spiro atoms. The van der Waals surface area contributed by atoms with E-state index in [-0.39, 0.29) is 0 Å². The maximum atomic E-state index is 12.4. The monoisotopic (exact) mass is 432 g/mol. The summed E-state index contributed by atoms with van der Waals surface area (Å²) in [5.74, 6) is 0. The predicted octanol–water partition coefficient (Wildman–Crippen LogP) is 4.05. The summed E-state index contributed by atoms with van der Waals surface area (Å²) >= 11 is 2.24. The lowest BCUT2D eigenvalue weighted by atomic mass is 10.2. The molecule has 0 atom stereocenters. The molecule has 0 saturated carbocycles. The minimum atomic E-state index is -4.27. The average molecular weight is 433 g/mol. The number of hydrogen-bond donors (Lipinski definition) is 0. The van der Waals surface area contributed by atoms with Crippen LogP contribution in [0.15, 0.2) is 29.3 Å². The third-order valence-corrected chi connectivity index (χ3v) is 5.62. The number of rotatable bonds is 2. The summed E-state index contributed by atoms with van der Waals surface area (Å²) in [6, 6.07) is 7.67. The average Bonchev–Trinajstić information content (AvgIpc) is 2.38. The Balaban J connectivity index is 2.10. The molecule has 0 bridgehead atoms. The van der Waals surface area contributed by atoms with Gasteiger partial charge in [-0.1, -0.05) is 48.8 Å². The fourth-order valence-electron chi connectivity index (χ4n) is 1.37. The van der Waals surface area contributed by atoms with Gasteiger partial charge in [-0.3, -0.25) is 0 Å². The first-order valence-corrected chi connectivity index (χ1v) is 8.72. The zero-order valence-corrected chi connectivity index (χ0v) is 12.8. The Morgan fingerprint density at radius 2 is 1.94 bits per heavy atom. The molecule has 2 rings (SSSR count). The van der Waals surface area contributed by atoms with Crippen molar-refractivity contribution in [2.45, 2.75) is 11.5 Å². The molecule has 1 aliphatic rings. The predicted molar refractivity (Wildman–Crippen MR) is 80.0 cm³/mol. The minimum absolute atomic E-state index is 0.408. The third kappa shape index (κ3) is 3.31. The van der Waals surface area contributed by atoms with Crippen LogP contribution in [0.25, 0.3) is 0 Å². The second kappa shape index (κ2) is 5.68. The van der Waals surface area contributed by atoms with Crippen molar-refractivity contribution in [2.24, 2.45) is 4.99 Å². The molecular formula is C11H9BrF3IN2. The quantitative estimate of drug-likeness (QED) is 0.391. The van der Waals surface area contributed by atoms with E-state index in [2.05, 4.69) is 20.9 Å². The third-order valence-electron chi connectivity index (χ3n) is 2.28. The van der Waals surface area contributed by atoms with Crippen LogP contribution >= 0.6 is 36.7 Å². The molecule has 1 heterocycles. The Labute approximate surface area is 121 Å². The number of aliphatic imine (C=N–C) groups is 1. The minimum Gasteiger partial charge on any atom is -0.323 e. The van der Waals surface area contributed by atoms with E-state index in [1.807, 2.05) is 24.3 Å². The first-order valence-electron chi connectivity index (χ1n) is 5.00. The number of benzene rings is 1. The van der Waals surface area contributed by atoms with Crippen molar-refractivity contribution in [3.05, 3.63) is 29.8 Å². The molecule has 0 N–H and O–H groups in total. The van der Waals surface area contributed by atoms with Gasteiger partial charge in [0.1, 0.15) is 0 Å². The number of alkyl halides is 5. The molecule has 0 aliphatic carbocycles. The van der Waals surface area contributed by atoms with Gasteiger partial charge in [0, 0.05) is 11.0 Å². The fourth-order valence-corrected chi connectivity index (χ4v) is 3.76. The van der Waals surface area contributed by atoms with Crippen LogP contribution in [0.1, 0.15) is 5.56 Å². The molecule has 7 heteroatoms. The van der Waals surface area contributed by atoms with Crippen LogP contribution < -0.4 is 4.90 Å². The van der Waals surface area contributed by atoms with Crippen molar-refractivity contribution in [2.75, 3.05) is 9.45 Å². The van der Waals surface area contributed by atoms with Gasteiger partial charge in [-0.25, -0.2) is 4.99 Å². The highest BCUT2D eigenvalue weighted by atomic mass is 127. The van der Waals surface area contributed by atoms with Crippen LogP contribution in [-0.2, 0) is 5.33 Å². The van der Waals surface area contributed by atoms with E-state index in [0.29, 0.717) is 4.55 Å². The van der Waals surface area contributed by atoms with Crippen LogP contribution in [0.4, 0.5) is 18.9 Å². The highest BCUT2D eigenvalue weighted by Gasteiger charge is 2.35. The lowest BCUT2D eigenvalue weighted by molar-refractivity contribution is -0.0567. The van der Waals surface area contributed by atoms with Crippen molar-refractivity contribution in [3.8, 4) is 0 Å². The molecular weight excluding hydrogens is 424 g/mol. The van der Waals surface area contributed by atoms with Crippen molar-refractivity contribution < 1.29 is 13.2 Å². The normalized spacial score (nSPS) is 16.2. The molecule has 98 valence electrons.